The molecule has 2 heterocycles. The fourth-order valence-electron chi connectivity index (χ4n) is 2.85. The first-order valence-electron chi connectivity index (χ1n) is 7.79. The van der Waals surface area contributed by atoms with Gasteiger partial charge in [0.1, 0.15) is 6.17 Å². The van der Waals surface area contributed by atoms with Crippen molar-refractivity contribution in [2.45, 2.75) is 38.9 Å². The van der Waals surface area contributed by atoms with Crippen LogP contribution in [0.1, 0.15) is 37.3 Å². The molecule has 0 radical (unpaired) electrons. The maximum Gasteiger partial charge on any atom is 0.151 e. The summed E-state index contributed by atoms with van der Waals surface area (Å²) in [4.78, 5) is 6.82. The summed E-state index contributed by atoms with van der Waals surface area (Å²) in [5.74, 6) is 0.970. The van der Waals surface area contributed by atoms with Crippen molar-refractivity contribution in [1.82, 2.24) is 4.98 Å². The van der Waals surface area contributed by atoms with Crippen molar-refractivity contribution in [3.05, 3.63) is 53.7 Å². The van der Waals surface area contributed by atoms with Crippen LogP contribution in [-0.4, -0.2) is 11.1 Å². The van der Waals surface area contributed by atoms with Crippen molar-refractivity contribution in [1.29, 1.82) is 5.26 Å². The summed E-state index contributed by atoms with van der Waals surface area (Å²) in [7, 11) is 0. The van der Waals surface area contributed by atoms with Gasteiger partial charge >= 0.3 is 0 Å². The Morgan fingerprint density at radius 1 is 1.27 bits per heavy atom. The Labute approximate surface area is 131 Å². The van der Waals surface area contributed by atoms with Gasteiger partial charge < -0.3 is 10.2 Å². The van der Waals surface area contributed by atoms with Gasteiger partial charge in [-0.2, -0.15) is 5.26 Å². The molecular formula is C18H20N4. The van der Waals surface area contributed by atoms with Crippen molar-refractivity contribution >= 4 is 11.5 Å². The number of nitriles is 1. The van der Waals surface area contributed by atoms with Gasteiger partial charge in [0.15, 0.2) is 5.82 Å². The van der Waals surface area contributed by atoms with Crippen LogP contribution in [0.25, 0.3) is 0 Å². The first-order chi connectivity index (χ1) is 10.8. The summed E-state index contributed by atoms with van der Waals surface area (Å²) in [5, 5.41) is 12.4. The van der Waals surface area contributed by atoms with Gasteiger partial charge in [0.05, 0.1) is 17.3 Å². The van der Waals surface area contributed by atoms with E-state index in [0.717, 1.165) is 24.5 Å². The Morgan fingerprint density at radius 2 is 2.09 bits per heavy atom. The molecule has 4 heteroatoms. The third kappa shape index (κ3) is 2.89. The van der Waals surface area contributed by atoms with Gasteiger partial charge in [-0.1, -0.05) is 25.5 Å². The van der Waals surface area contributed by atoms with Crippen LogP contribution < -0.4 is 10.2 Å². The Hall–Kier alpha value is -2.54. The Kier molecular flexibility index (Phi) is 4.24. The molecule has 112 valence electrons. The number of anilines is 2. The lowest BCUT2D eigenvalue weighted by atomic mass is 10.1. The normalized spacial score (nSPS) is 16.0. The van der Waals surface area contributed by atoms with Crippen molar-refractivity contribution in [3.63, 3.8) is 0 Å². The zero-order valence-corrected chi connectivity index (χ0v) is 12.8. The maximum atomic E-state index is 8.90. The minimum Gasteiger partial charge on any atom is -0.348 e. The number of rotatable bonds is 5. The molecule has 1 aromatic carbocycles. The first-order valence-corrected chi connectivity index (χ1v) is 7.79. The van der Waals surface area contributed by atoms with E-state index in [4.69, 9.17) is 5.26 Å². The molecule has 4 nitrogen and oxygen atoms in total. The predicted octanol–water partition coefficient (Wildman–Crippen LogP) is 3.90. The highest BCUT2D eigenvalue weighted by molar-refractivity contribution is 5.72. The standard InChI is InChI=1S/C18H20N4/c1-2-3-6-17-21-18-16(5-4-11-20-18)22(17)13-15-9-7-14(12-19)8-10-15/h4-5,7-11,17H,2-3,6,13H2,1H3,(H,20,21). The van der Waals surface area contributed by atoms with Crippen molar-refractivity contribution in [3.8, 4) is 6.07 Å². The number of benzene rings is 1. The number of fused-ring (bicyclic) bond motifs is 1. The highest BCUT2D eigenvalue weighted by Crippen LogP contribution is 2.35. The molecule has 0 aliphatic carbocycles. The summed E-state index contributed by atoms with van der Waals surface area (Å²) < 4.78 is 0. The van der Waals surface area contributed by atoms with Gasteiger partial charge in [0.2, 0.25) is 0 Å². The quantitative estimate of drug-likeness (QED) is 0.908. The van der Waals surface area contributed by atoms with E-state index in [0.29, 0.717) is 11.7 Å². The Balaban J connectivity index is 1.82. The van der Waals surface area contributed by atoms with E-state index >= 15 is 0 Å². The number of nitrogens with zero attached hydrogens (tertiary/aromatic N) is 3. The molecule has 2 aromatic rings. The molecule has 1 aliphatic rings. The predicted molar refractivity (Wildman–Crippen MR) is 88.5 cm³/mol. The van der Waals surface area contributed by atoms with E-state index < -0.39 is 0 Å². The molecule has 0 spiro atoms. The minimum absolute atomic E-state index is 0.292. The monoisotopic (exact) mass is 292 g/mol. The van der Waals surface area contributed by atoms with Crippen LogP contribution >= 0.6 is 0 Å². The molecule has 1 N–H and O–H groups in total. The molecule has 0 saturated carbocycles. The largest absolute Gasteiger partial charge is 0.348 e. The molecule has 1 aromatic heterocycles. The molecule has 0 saturated heterocycles. The maximum absolute atomic E-state index is 8.90. The highest BCUT2D eigenvalue weighted by Gasteiger charge is 2.28. The average Bonchev–Trinajstić information content (AvgIpc) is 2.91. The zero-order chi connectivity index (χ0) is 15.4. The van der Waals surface area contributed by atoms with Crippen LogP contribution in [0.5, 0.6) is 0 Å². The molecule has 1 atom stereocenters. The third-order valence-corrected chi connectivity index (χ3v) is 4.04. The lowest BCUT2D eigenvalue weighted by molar-refractivity contribution is 0.584. The minimum atomic E-state index is 0.292. The first kappa shape index (κ1) is 14.4. The van der Waals surface area contributed by atoms with E-state index in [9.17, 15) is 0 Å². The molecule has 0 fully saturated rings. The number of hydrogen-bond acceptors (Lipinski definition) is 4. The summed E-state index contributed by atoms with van der Waals surface area (Å²) >= 11 is 0. The van der Waals surface area contributed by atoms with E-state index in [2.05, 4.69) is 34.3 Å². The second-order valence-corrected chi connectivity index (χ2v) is 5.61. The summed E-state index contributed by atoms with van der Waals surface area (Å²) in [5.41, 5.74) is 3.07. The van der Waals surface area contributed by atoms with Gasteiger partial charge in [0.25, 0.3) is 0 Å². The number of hydrogen-bond donors (Lipinski definition) is 1. The average molecular weight is 292 g/mol. The number of aromatic nitrogens is 1. The highest BCUT2D eigenvalue weighted by atomic mass is 15.3. The van der Waals surface area contributed by atoms with Crippen LogP contribution in [0.15, 0.2) is 42.6 Å². The third-order valence-electron chi connectivity index (χ3n) is 4.04. The van der Waals surface area contributed by atoms with Crippen molar-refractivity contribution in [2.24, 2.45) is 0 Å². The summed E-state index contributed by atoms with van der Waals surface area (Å²) in [6.45, 7) is 3.04. The Bertz CT molecular complexity index is 672. The lowest BCUT2D eigenvalue weighted by Gasteiger charge is -2.26. The molecule has 1 unspecified atom stereocenters. The fourth-order valence-corrected chi connectivity index (χ4v) is 2.85. The molecule has 0 amide bonds. The van der Waals surface area contributed by atoms with Crippen LogP contribution in [0.2, 0.25) is 0 Å². The zero-order valence-electron chi connectivity index (χ0n) is 12.8. The Morgan fingerprint density at radius 3 is 2.82 bits per heavy atom. The summed E-state index contributed by atoms with van der Waals surface area (Å²) in [6.07, 6.45) is 5.60. The van der Waals surface area contributed by atoms with Gasteiger partial charge in [-0.15, -0.1) is 0 Å². The van der Waals surface area contributed by atoms with Crippen LogP contribution in [0, 0.1) is 11.3 Å². The van der Waals surface area contributed by atoms with Crippen LogP contribution in [0.3, 0.4) is 0 Å². The van der Waals surface area contributed by atoms with Gasteiger partial charge in [-0.25, -0.2) is 4.98 Å². The smallest absolute Gasteiger partial charge is 0.151 e. The van der Waals surface area contributed by atoms with E-state index in [1.54, 1.807) is 0 Å². The van der Waals surface area contributed by atoms with E-state index in [1.165, 1.54) is 18.4 Å². The molecule has 1 aliphatic heterocycles. The summed E-state index contributed by atoms with van der Waals surface area (Å²) in [6, 6.07) is 14.1. The lowest BCUT2D eigenvalue weighted by Crippen LogP contribution is -2.35. The number of pyridine rings is 1. The molecule has 22 heavy (non-hydrogen) atoms. The van der Waals surface area contributed by atoms with Gasteiger partial charge in [-0.3, -0.25) is 0 Å². The topological polar surface area (TPSA) is 52.0 Å². The second-order valence-electron chi connectivity index (χ2n) is 5.61. The van der Waals surface area contributed by atoms with Crippen molar-refractivity contribution < 1.29 is 0 Å². The van der Waals surface area contributed by atoms with Crippen LogP contribution in [0.4, 0.5) is 11.5 Å². The second kappa shape index (κ2) is 6.48. The van der Waals surface area contributed by atoms with Crippen molar-refractivity contribution in [2.75, 3.05) is 10.2 Å². The molecule has 0 bridgehead atoms. The molecular weight excluding hydrogens is 272 g/mol. The van der Waals surface area contributed by atoms with E-state index in [1.807, 2.05) is 36.5 Å². The molecule has 3 rings (SSSR count). The fraction of sp³-hybridized carbons (Fsp3) is 0.333. The van der Waals surface area contributed by atoms with Gasteiger partial charge in [-0.05, 0) is 42.7 Å². The number of unbranched alkanes of at least 4 members (excludes halogenated alkanes) is 1. The van der Waals surface area contributed by atoms with Crippen LogP contribution in [-0.2, 0) is 6.54 Å². The number of nitrogens with one attached hydrogen (secondary N) is 1. The van der Waals surface area contributed by atoms with Gasteiger partial charge in [0, 0.05) is 12.7 Å². The van der Waals surface area contributed by atoms with E-state index in [-0.39, 0.29) is 0 Å². The SMILES string of the molecule is CCCCC1Nc2ncccc2N1Cc1ccc(C#N)cc1.